The number of benzene rings is 1. The zero-order valence-electron chi connectivity index (χ0n) is 19.9. The van der Waals surface area contributed by atoms with Crippen LogP contribution < -0.4 is 15.5 Å². The summed E-state index contributed by atoms with van der Waals surface area (Å²) in [6, 6.07) is 5.03. The SMILES string of the molecule is C=N/C(=C\C(=C/C)C(=O)NCC(F)(F)F)Nc1ncnc2c1CCN(c1ccc(C#N)c(C(F)(F)F)c1)C2. The second-order valence-electron chi connectivity index (χ2n) is 8.01. The van der Waals surface area contributed by atoms with Crippen LogP contribution in [0, 0.1) is 11.3 Å². The van der Waals surface area contributed by atoms with Crippen LogP contribution >= 0.6 is 0 Å². The standard InChI is InChI=1S/C24H21F6N7O/c1-3-14(22(38)33-12-23(25,26)27)8-20(32-2)36-21-17-6-7-37(11-19(17)34-13-35-21)16-5-4-15(10-31)18(9-16)24(28,29)30/h3-5,8-9,13H,2,6-7,11-12H2,1H3,(H,33,38)(H,34,35,36)/b14-3+,20-8+. The molecule has 0 unspecified atom stereocenters. The Kier molecular flexibility index (Phi) is 8.39. The minimum absolute atomic E-state index is 0.0329. The minimum atomic E-state index is -4.69. The van der Waals surface area contributed by atoms with Gasteiger partial charge in [0.25, 0.3) is 5.91 Å². The number of carbonyl (C=O) groups is 1. The summed E-state index contributed by atoms with van der Waals surface area (Å²) in [6.45, 7) is 3.83. The Labute approximate surface area is 213 Å². The molecule has 1 aromatic heterocycles. The maximum Gasteiger partial charge on any atom is 0.417 e. The van der Waals surface area contributed by atoms with Crippen LogP contribution in [0.15, 0.2) is 53.1 Å². The van der Waals surface area contributed by atoms with Crippen molar-refractivity contribution >= 4 is 24.1 Å². The van der Waals surface area contributed by atoms with Gasteiger partial charge in [-0.15, -0.1) is 0 Å². The number of anilines is 2. The zero-order valence-corrected chi connectivity index (χ0v) is 19.9. The van der Waals surface area contributed by atoms with E-state index in [2.05, 4.69) is 27.0 Å². The van der Waals surface area contributed by atoms with Gasteiger partial charge in [0.1, 0.15) is 24.5 Å². The van der Waals surface area contributed by atoms with E-state index in [-0.39, 0.29) is 23.6 Å². The van der Waals surface area contributed by atoms with Gasteiger partial charge in [0, 0.05) is 23.4 Å². The second-order valence-corrected chi connectivity index (χ2v) is 8.01. The highest BCUT2D eigenvalue weighted by atomic mass is 19.4. The molecule has 2 N–H and O–H groups in total. The van der Waals surface area contributed by atoms with Crippen LogP contribution in [-0.2, 0) is 23.9 Å². The van der Waals surface area contributed by atoms with Gasteiger partial charge < -0.3 is 15.5 Å². The number of nitrogens with one attached hydrogen (secondary N) is 2. The summed E-state index contributed by atoms with van der Waals surface area (Å²) in [4.78, 5) is 26.0. The molecular formula is C24H21F6N7O. The summed E-state index contributed by atoms with van der Waals surface area (Å²) in [7, 11) is 0. The van der Waals surface area contributed by atoms with Gasteiger partial charge in [-0.3, -0.25) is 4.79 Å². The van der Waals surface area contributed by atoms with E-state index >= 15 is 0 Å². The molecule has 0 bridgehead atoms. The lowest BCUT2D eigenvalue weighted by atomic mass is 10.0. The van der Waals surface area contributed by atoms with Crippen LogP contribution in [0.5, 0.6) is 0 Å². The predicted molar refractivity (Wildman–Crippen MR) is 127 cm³/mol. The molecule has 0 spiro atoms. The minimum Gasteiger partial charge on any atom is -0.365 e. The quantitative estimate of drug-likeness (QED) is 0.233. The fourth-order valence-corrected chi connectivity index (χ4v) is 3.70. The number of nitriles is 1. The summed E-state index contributed by atoms with van der Waals surface area (Å²) in [6.07, 6.45) is -5.19. The fourth-order valence-electron chi connectivity index (χ4n) is 3.70. The van der Waals surface area contributed by atoms with Crippen molar-refractivity contribution in [2.75, 3.05) is 23.3 Å². The number of nitrogens with zero attached hydrogens (tertiary/aromatic N) is 5. The number of allylic oxidation sites excluding steroid dienone is 1. The molecule has 8 nitrogen and oxygen atoms in total. The van der Waals surface area contributed by atoms with E-state index in [1.807, 2.05) is 0 Å². The molecule has 200 valence electrons. The molecule has 0 atom stereocenters. The summed E-state index contributed by atoms with van der Waals surface area (Å²) in [5.74, 6) is -0.630. The largest absolute Gasteiger partial charge is 0.417 e. The van der Waals surface area contributed by atoms with Crippen LogP contribution in [0.4, 0.5) is 37.8 Å². The third kappa shape index (κ3) is 6.87. The highest BCUT2D eigenvalue weighted by molar-refractivity contribution is 5.96. The highest BCUT2D eigenvalue weighted by Crippen LogP contribution is 2.36. The molecule has 0 saturated carbocycles. The molecule has 1 aromatic carbocycles. The lowest BCUT2D eigenvalue weighted by Crippen LogP contribution is -2.34. The summed E-state index contributed by atoms with van der Waals surface area (Å²) < 4.78 is 77.5. The normalized spacial score (nSPS) is 14.4. The zero-order chi connectivity index (χ0) is 28.1. The van der Waals surface area contributed by atoms with E-state index in [4.69, 9.17) is 5.26 Å². The van der Waals surface area contributed by atoms with E-state index in [0.717, 1.165) is 12.1 Å². The number of hydrogen-bond acceptors (Lipinski definition) is 7. The average Bonchev–Trinajstić information content (AvgIpc) is 2.88. The molecule has 2 heterocycles. The van der Waals surface area contributed by atoms with Crippen molar-refractivity contribution in [1.82, 2.24) is 15.3 Å². The van der Waals surface area contributed by atoms with Crippen LogP contribution in [0.25, 0.3) is 0 Å². The number of hydrogen-bond donors (Lipinski definition) is 2. The van der Waals surface area contributed by atoms with Crippen molar-refractivity contribution in [3.63, 3.8) is 0 Å². The van der Waals surface area contributed by atoms with Crippen LogP contribution in [0.1, 0.15) is 29.3 Å². The number of aromatic nitrogens is 2. The molecule has 38 heavy (non-hydrogen) atoms. The molecule has 0 saturated heterocycles. The fraction of sp³-hybridized carbons (Fsp3) is 0.292. The first-order valence-electron chi connectivity index (χ1n) is 11.0. The number of rotatable bonds is 7. The Balaban J connectivity index is 1.82. The number of carbonyl (C=O) groups excluding carboxylic acids is 1. The Hall–Kier alpha value is -4.41. The molecule has 0 fully saturated rings. The summed E-state index contributed by atoms with van der Waals surface area (Å²) >= 11 is 0. The molecule has 14 heteroatoms. The second kappa shape index (κ2) is 11.3. The monoisotopic (exact) mass is 537 g/mol. The molecule has 2 aromatic rings. The molecule has 1 aliphatic heterocycles. The molecule has 1 amide bonds. The molecule has 0 aliphatic carbocycles. The predicted octanol–water partition coefficient (Wildman–Crippen LogP) is 4.51. The van der Waals surface area contributed by atoms with Gasteiger partial charge >= 0.3 is 12.4 Å². The van der Waals surface area contributed by atoms with Crippen molar-refractivity contribution in [3.8, 4) is 6.07 Å². The van der Waals surface area contributed by atoms with E-state index in [0.29, 0.717) is 30.0 Å². The van der Waals surface area contributed by atoms with E-state index in [1.54, 1.807) is 16.3 Å². The van der Waals surface area contributed by atoms with Gasteiger partial charge in [0.15, 0.2) is 0 Å². The average molecular weight is 537 g/mol. The third-order valence-electron chi connectivity index (χ3n) is 5.53. The van der Waals surface area contributed by atoms with Gasteiger partial charge in [-0.25, -0.2) is 15.0 Å². The first kappa shape index (κ1) is 28.2. The Morgan fingerprint density at radius 2 is 2.00 bits per heavy atom. The van der Waals surface area contributed by atoms with Crippen molar-refractivity contribution in [3.05, 3.63) is 70.5 Å². The Morgan fingerprint density at radius 1 is 1.26 bits per heavy atom. The van der Waals surface area contributed by atoms with E-state index in [1.165, 1.54) is 31.5 Å². The molecule has 0 radical (unpaired) electrons. The Bertz CT molecular complexity index is 1330. The van der Waals surface area contributed by atoms with Crippen molar-refractivity contribution < 1.29 is 31.1 Å². The number of alkyl halides is 6. The van der Waals surface area contributed by atoms with Gasteiger partial charge in [-0.05, 0) is 44.3 Å². The summed E-state index contributed by atoms with van der Waals surface area (Å²) in [5, 5.41) is 13.7. The Morgan fingerprint density at radius 3 is 2.61 bits per heavy atom. The first-order chi connectivity index (χ1) is 17.9. The summed E-state index contributed by atoms with van der Waals surface area (Å²) in [5.41, 5.74) is -0.170. The lowest BCUT2D eigenvalue weighted by Gasteiger charge is -2.31. The number of halogens is 6. The van der Waals surface area contributed by atoms with Gasteiger partial charge in [-0.1, -0.05) is 6.08 Å². The van der Waals surface area contributed by atoms with Crippen LogP contribution in [-0.4, -0.2) is 41.9 Å². The van der Waals surface area contributed by atoms with Crippen LogP contribution in [0.2, 0.25) is 0 Å². The molecular weight excluding hydrogens is 516 g/mol. The molecule has 3 rings (SSSR count). The smallest absolute Gasteiger partial charge is 0.365 e. The molecule has 1 aliphatic rings. The topological polar surface area (TPSA) is 106 Å². The van der Waals surface area contributed by atoms with E-state index < -0.39 is 35.9 Å². The highest BCUT2D eigenvalue weighted by Gasteiger charge is 2.34. The first-order valence-corrected chi connectivity index (χ1v) is 11.0. The van der Waals surface area contributed by atoms with E-state index in [9.17, 15) is 31.1 Å². The number of aliphatic imine (C=N–C) groups is 1. The van der Waals surface area contributed by atoms with Gasteiger partial charge in [0.05, 0.1) is 29.4 Å². The van der Waals surface area contributed by atoms with Crippen molar-refractivity contribution in [2.24, 2.45) is 4.99 Å². The van der Waals surface area contributed by atoms with Crippen LogP contribution in [0.3, 0.4) is 0 Å². The maximum atomic E-state index is 13.4. The number of fused-ring (bicyclic) bond motifs is 1. The lowest BCUT2D eigenvalue weighted by molar-refractivity contribution is -0.137. The maximum absolute atomic E-state index is 13.4. The van der Waals surface area contributed by atoms with Crippen molar-refractivity contribution in [1.29, 1.82) is 5.26 Å². The van der Waals surface area contributed by atoms with Gasteiger partial charge in [-0.2, -0.15) is 31.6 Å². The van der Waals surface area contributed by atoms with Crippen molar-refractivity contribution in [2.45, 2.75) is 32.2 Å². The number of amides is 1. The third-order valence-corrected chi connectivity index (χ3v) is 5.53. The van der Waals surface area contributed by atoms with Gasteiger partial charge in [0.2, 0.25) is 0 Å².